The third-order valence-corrected chi connectivity index (χ3v) is 0. The molecule has 4 heavy (non-hydrogen) atoms. The normalized spacial score (nSPS) is 2.00. The van der Waals surface area contributed by atoms with E-state index in [9.17, 15) is 0 Å². The van der Waals surface area contributed by atoms with Crippen LogP contribution in [0.3, 0.4) is 0 Å². The molecule has 4 heteroatoms. The first kappa shape index (κ1) is 16.3. The number of hydrogen-bond donors (Lipinski definition) is 0. The summed E-state index contributed by atoms with van der Waals surface area (Å²) in [6.07, 6.45) is 0. The van der Waals surface area contributed by atoms with Crippen molar-refractivity contribution >= 4 is 80.4 Å². The molecule has 0 aliphatic heterocycles. The quantitative estimate of drug-likeness (QED) is 0.318. The SMILES string of the molecule is B[SiH3].[AlH3].[SrH2]. The molecule has 0 heterocycles. The van der Waals surface area contributed by atoms with Crippen LogP contribution in [0.1, 0.15) is 0 Å². The average molecular weight is 164 g/mol. The molecule has 0 bridgehead atoms. The fraction of sp³-hybridized carbons (Fsp3) is 0. The van der Waals surface area contributed by atoms with E-state index in [1.165, 1.54) is 10.1 Å². The standard InChI is InChI=1S/Al.BH5Si.Sr.5H/c;1-2;;;;;;/h;1H2,2H3;;;;;;. The van der Waals surface area contributed by atoms with Crippen LogP contribution in [-0.4, -0.2) is 80.4 Å². The van der Waals surface area contributed by atoms with Gasteiger partial charge in [0.15, 0.2) is 17.4 Å². The molecule has 0 unspecified atom stereocenters. The Hall–Kier alpha value is 2.29. The maximum atomic E-state index is 2.14. The molecular weight excluding hydrogens is 154 g/mol. The summed E-state index contributed by atoms with van der Waals surface area (Å²) in [5.74, 6) is 0. The van der Waals surface area contributed by atoms with Gasteiger partial charge in [0.05, 0.1) is 7.44 Å². The van der Waals surface area contributed by atoms with Crippen LogP contribution >= 0.6 is 0 Å². The Morgan fingerprint density at radius 1 is 1.25 bits per heavy atom. The Labute approximate surface area is 78.9 Å². The van der Waals surface area contributed by atoms with Crippen LogP contribution in [0.5, 0.6) is 0 Å². The molecule has 22 valence electrons. The summed E-state index contributed by atoms with van der Waals surface area (Å²) in [5, 5.41) is 0. The van der Waals surface area contributed by atoms with Crippen LogP contribution < -0.4 is 0 Å². The minimum absolute atomic E-state index is 0. The summed E-state index contributed by atoms with van der Waals surface area (Å²) < 4.78 is 0. The van der Waals surface area contributed by atoms with Gasteiger partial charge in [0.1, 0.15) is 0 Å². The summed E-state index contributed by atoms with van der Waals surface area (Å²) >= 11 is 0. The van der Waals surface area contributed by atoms with E-state index in [1.54, 1.807) is 0 Å². The molecule has 0 aromatic heterocycles. The van der Waals surface area contributed by atoms with Crippen molar-refractivity contribution in [3.8, 4) is 0 Å². The molecule has 0 aliphatic rings. The van der Waals surface area contributed by atoms with E-state index < -0.39 is 0 Å². The van der Waals surface area contributed by atoms with Gasteiger partial charge in [-0.25, -0.2) is 0 Å². The Bertz CT molecular complexity index is 8.00. The Kier molecular flexibility index (Phi) is 75.4. The number of hydrogen-bond acceptors (Lipinski definition) is 0. The van der Waals surface area contributed by atoms with E-state index in [4.69, 9.17) is 0 Å². The zero-order valence-corrected chi connectivity index (χ0v) is 4.00. The van der Waals surface area contributed by atoms with E-state index in [2.05, 4.69) is 7.44 Å². The van der Waals surface area contributed by atoms with Crippen molar-refractivity contribution in [3.05, 3.63) is 0 Å². The maximum absolute atomic E-state index is 2.14. The van der Waals surface area contributed by atoms with Gasteiger partial charge < -0.3 is 0 Å². The van der Waals surface area contributed by atoms with Crippen LogP contribution in [0.4, 0.5) is 0 Å². The first-order chi connectivity index (χ1) is 1.00. The summed E-state index contributed by atoms with van der Waals surface area (Å²) in [5.41, 5.74) is 0. The summed E-state index contributed by atoms with van der Waals surface area (Å²) in [6.45, 7) is 0. The number of rotatable bonds is 0. The van der Waals surface area contributed by atoms with Crippen LogP contribution in [-0.2, 0) is 0 Å². The topological polar surface area (TPSA) is 0 Å². The zero-order chi connectivity index (χ0) is 2.00. The molecular formula is H10AlBSiSr. The van der Waals surface area contributed by atoms with Gasteiger partial charge in [0, 0.05) is 0 Å². The second-order valence-electron chi connectivity index (χ2n) is 0. The van der Waals surface area contributed by atoms with Crippen molar-refractivity contribution in [3.63, 3.8) is 0 Å². The molecule has 0 saturated heterocycles. The molecule has 0 amide bonds. The summed E-state index contributed by atoms with van der Waals surface area (Å²) in [7, 11) is 3.44. The first-order valence-electron chi connectivity index (χ1n) is 1.00. The fourth-order valence-electron chi connectivity index (χ4n) is 0. The van der Waals surface area contributed by atoms with Gasteiger partial charge in [0.25, 0.3) is 0 Å². The third kappa shape index (κ3) is 8.85. The molecule has 0 aromatic carbocycles. The van der Waals surface area contributed by atoms with Crippen molar-refractivity contribution in [2.75, 3.05) is 0 Å². The summed E-state index contributed by atoms with van der Waals surface area (Å²) in [6, 6.07) is 0. The van der Waals surface area contributed by atoms with Gasteiger partial charge in [-0.05, 0) is 10.1 Å². The second-order valence-corrected chi connectivity index (χ2v) is 0. The third-order valence-electron chi connectivity index (χ3n) is 0. The molecule has 0 saturated carbocycles. The van der Waals surface area contributed by atoms with Gasteiger partial charge in [-0.2, -0.15) is 0 Å². The molecule has 0 atom stereocenters. The molecule has 0 aromatic rings. The van der Waals surface area contributed by atoms with E-state index in [0.717, 1.165) is 0 Å². The molecule has 0 rings (SSSR count). The predicted octanol–water partition coefficient (Wildman–Crippen LogP) is -4.20. The molecule has 0 spiro atoms. The van der Waals surface area contributed by atoms with Gasteiger partial charge in [-0.3, -0.25) is 0 Å². The molecule has 0 nitrogen and oxygen atoms in total. The Balaban J connectivity index is -0.00000000500. The van der Waals surface area contributed by atoms with Crippen molar-refractivity contribution in [2.24, 2.45) is 0 Å². The Morgan fingerprint density at radius 3 is 1.25 bits per heavy atom. The molecule has 0 aliphatic carbocycles. The van der Waals surface area contributed by atoms with E-state index in [1.807, 2.05) is 0 Å². The average Bonchev–Trinajstić information content (AvgIpc) is 1.00. The van der Waals surface area contributed by atoms with Gasteiger partial charge in [-0.15, -0.1) is 0 Å². The van der Waals surface area contributed by atoms with E-state index >= 15 is 0 Å². The molecule has 0 radical (unpaired) electrons. The molecule has 0 fully saturated rings. The Morgan fingerprint density at radius 2 is 1.25 bits per heavy atom. The van der Waals surface area contributed by atoms with E-state index in [-0.39, 0.29) is 62.8 Å². The van der Waals surface area contributed by atoms with E-state index in [0.29, 0.717) is 0 Å². The monoisotopic (exact) mass is 164 g/mol. The van der Waals surface area contributed by atoms with Crippen LogP contribution in [0.15, 0.2) is 0 Å². The second kappa shape index (κ2) is 18.5. The van der Waals surface area contributed by atoms with Crippen LogP contribution in [0.2, 0.25) is 0 Å². The fourth-order valence-corrected chi connectivity index (χ4v) is 0. The zero-order valence-electron chi connectivity index (χ0n) is 2.00. The predicted molar refractivity (Wildman–Crippen MR) is 37.0 cm³/mol. The summed E-state index contributed by atoms with van der Waals surface area (Å²) in [4.78, 5) is 0. The van der Waals surface area contributed by atoms with Gasteiger partial charge in [-0.1, -0.05) is 0 Å². The first-order valence-corrected chi connectivity index (χ1v) is 3.00. The van der Waals surface area contributed by atoms with Crippen molar-refractivity contribution in [1.29, 1.82) is 0 Å². The van der Waals surface area contributed by atoms with Crippen molar-refractivity contribution in [2.45, 2.75) is 0 Å². The van der Waals surface area contributed by atoms with Crippen LogP contribution in [0.25, 0.3) is 0 Å². The minimum atomic E-state index is 0. The van der Waals surface area contributed by atoms with Crippen molar-refractivity contribution < 1.29 is 0 Å². The van der Waals surface area contributed by atoms with Crippen molar-refractivity contribution in [1.82, 2.24) is 0 Å². The van der Waals surface area contributed by atoms with Crippen LogP contribution in [0, 0.1) is 0 Å². The van der Waals surface area contributed by atoms with Gasteiger partial charge in [0.2, 0.25) is 0 Å². The molecule has 0 N–H and O–H groups in total. The van der Waals surface area contributed by atoms with Gasteiger partial charge >= 0.3 is 45.5 Å².